The van der Waals surface area contributed by atoms with E-state index in [1.165, 1.54) is 32.1 Å². The van der Waals surface area contributed by atoms with Gasteiger partial charge in [-0.25, -0.2) is 0 Å². The molecule has 0 heterocycles. The van der Waals surface area contributed by atoms with Crippen molar-refractivity contribution in [3.05, 3.63) is 6.42 Å². The topological polar surface area (TPSA) is 26.0 Å². The molecule has 0 aliphatic heterocycles. The van der Waals surface area contributed by atoms with Crippen LogP contribution in [0.1, 0.15) is 32.1 Å². The summed E-state index contributed by atoms with van der Waals surface area (Å²) in [6.45, 7) is 0.769. The Morgan fingerprint density at radius 1 is 1.22 bits per heavy atom. The Bertz CT molecular complexity index is 62.2. The summed E-state index contributed by atoms with van der Waals surface area (Å²) >= 11 is 0. The van der Waals surface area contributed by atoms with Gasteiger partial charge in [0.25, 0.3) is 0 Å². The van der Waals surface area contributed by atoms with Gasteiger partial charge >= 0.3 is 0 Å². The predicted octanol–water partition coefficient (Wildman–Crippen LogP) is 1.73. The summed E-state index contributed by atoms with van der Waals surface area (Å²) in [5.41, 5.74) is 5.40. The van der Waals surface area contributed by atoms with Gasteiger partial charge in [0, 0.05) is 0 Å². The second kappa shape index (κ2) is 3.89. The van der Waals surface area contributed by atoms with E-state index in [0.29, 0.717) is 0 Å². The molecule has 0 atom stereocenters. The average molecular weight is 126 g/mol. The number of hydrogen-bond donors (Lipinski definition) is 1. The van der Waals surface area contributed by atoms with Gasteiger partial charge in [-0.3, -0.25) is 0 Å². The lowest BCUT2D eigenvalue weighted by Gasteiger charge is -2.19. The van der Waals surface area contributed by atoms with E-state index in [1.54, 1.807) is 0 Å². The standard InChI is InChI=1S/C8H16N/c9-7-6-8-4-2-1-3-5-8/h6,8H,1-5,7,9H2. The van der Waals surface area contributed by atoms with Gasteiger partial charge in [-0.1, -0.05) is 32.1 Å². The zero-order valence-corrected chi connectivity index (χ0v) is 5.97. The van der Waals surface area contributed by atoms with Crippen LogP contribution < -0.4 is 5.73 Å². The molecule has 53 valence electrons. The largest absolute Gasteiger partial charge is 0.330 e. The zero-order chi connectivity index (χ0) is 6.53. The van der Waals surface area contributed by atoms with Crippen LogP contribution in [0.5, 0.6) is 0 Å². The van der Waals surface area contributed by atoms with Crippen molar-refractivity contribution in [3.63, 3.8) is 0 Å². The van der Waals surface area contributed by atoms with Crippen LogP contribution in [-0.2, 0) is 0 Å². The van der Waals surface area contributed by atoms with Gasteiger partial charge in [-0.15, -0.1) is 0 Å². The molecule has 1 nitrogen and oxygen atoms in total. The summed E-state index contributed by atoms with van der Waals surface area (Å²) < 4.78 is 0. The fraction of sp³-hybridized carbons (Fsp3) is 0.875. The molecular formula is C8H16N. The lowest BCUT2D eigenvalue weighted by molar-refractivity contribution is 0.395. The monoisotopic (exact) mass is 126 g/mol. The maximum Gasteiger partial charge on any atom is -0.00430 e. The molecule has 1 aliphatic rings. The van der Waals surface area contributed by atoms with Crippen molar-refractivity contribution >= 4 is 0 Å². The van der Waals surface area contributed by atoms with Gasteiger partial charge in [0.2, 0.25) is 0 Å². The molecular weight excluding hydrogens is 110 g/mol. The van der Waals surface area contributed by atoms with Crippen molar-refractivity contribution in [1.29, 1.82) is 0 Å². The average Bonchev–Trinajstić information content (AvgIpc) is 1.91. The number of rotatable bonds is 2. The summed E-state index contributed by atoms with van der Waals surface area (Å²) in [5, 5.41) is 0. The Hall–Kier alpha value is -0.0400. The summed E-state index contributed by atoms with van der Waals surface area (Å²) in [6.07, 6.45) is 9.31. The van der Waals surface area contributed by atoms with Crippen molar-refractivity contribution in [2.24, 2.45) is 11.7 Å². The maximum atomic E-state index is 5.40. The van der Waals surface area contributed by atoms with Crippen LogP contribution in [0, 0.1) is 12.3 Å². The fourth-order valence-electron chi connectivity index (χ4n) is 1.56. The van der Waals surface area contributed by atoms with Crippen LogP contribution in [-0.4, -0.2) is 6.54 Å². The maximum absolute atomic E-state index is 5.40. The highest BCUT2D eigenvalue weighted by atomic mass is 14.5. The van der Waals surface area contributed by atoms with Crippen molar-refractivity contribution < 1.29 is 0 Å². The smallest absolute Gasteiger partial charge is 0.00430 e. The van der Waals surface area contributed by atoms with Gasteiger partial charge in [0.1, 0.15) is 0 Å². The summed E-state index contributed by atoms with van der Waals surface area (Å²) in [5.74, 6) is 0.851. The molecule has 0 saturated heterocycles. The number of hydrogen-bond acceptors (Lipinski definition) is 1. The summed E-state index contributed by atoms with van der Waals surface area (Å²) in [6, 6.07) is 0. The third-order valence-electron chi connectivity index (χ3n) is 2.12. The van der Waals surface area contributed by atoms with Crippen molar-refractivity contribution in [1.82, 2.24) is 0 Å². The van der Waals surface area contributed by atoms with Crippen LogP contribution in [0.25, 0.3) is 0 Å². The molecule has 0 bridgehead atoms. The molecule has 1 radical (unpaired) electrons. The molecule has 0 amide bonds. The van der Waals surface area contributed by atoms with Crippen LogP contribution in [0.2, 0.25) is 0 Å². The Morgan fingerprint density at radius 2 is 1.89 bits per heavy atom. The SMILES string of the molecule is NC[CH]C1CCCCC1. The number of nitrogens with two attached hydrogens (primary N) is 1. The third-order valence-corrected chi connectivity index (χ3v) is 2.12. The molecule has 2 N–H and O–H groups in total. The van der Waals surface area contributed by atoms with Gasteiger partial charge in [-0.05, 0) is 18.9 Å². The second-order valence-corrected chi connectivity index (χ2v) is 2.87. The first-order chi connectivity index (χ1) is 4.43. The van der Waals surface area contributed by atoms with E-state index in [1.807, 2.05) is 0 Å². The predicted molar refractivity (Wildman–Crippen MR) is 39.9 cm³/mol. The minimum absolute atomic E-state index is 0.769. The first-order valence-corrected chi connectivity index (χ1v) is 3.97. The minimum atomic E-state index is 0.769. The lowest BCUT2D eigenvalue weighted by atomic mass is 9.87. The van der Waals surface area contributed by atoms with Crippen LogP contribution in [0.4, 0.5) is 0 Å². The Kier molecular flexibility index (Phi) is 3.05. The van der Waals surface area contributed by atoms with Crippen molar-refractivity contribution in [3.8, 4) is 0 Å². The third kappa shape index (κ3) is 2.35. The van der Waals surface area contributed by atoms with Gasteiger partial charge < -0.3 is 5.73 Å². The van der Waals surface area contributed by atoms with E-state index >= 15 is 0 Å². The van der Waals surface area contributed by atoms with E-state index in [0.717, 1.165) is 12.5 Å². The molecule has 0 spiro atoms. The Labute approximate surface area is 57.6 Å². The van der Waals surface area contributed by atoms with E-state index in [4.69, 9.17) is 5.73 Å². The first-order valence-electron chi connectivity index (χ1n) is 3.97. The second-order valence-electron chi connectivity index (χ2n) is 2.87. The van der Waals surface area contributed by atoms with E-state index in [9.17, 15) is 0 Å². The molecule has 1 fully saturated rings. The summed E-state index contributed by atoms with van der Waals surface area (Å²) in [7, 11) is 0. The fourth-order valence-corrected chi connectivity index (χ4v) is 1.56. The highest BCUT2D eigenvalue weighted by molar-refractivity contribution is 4.79. The quantitative estimate of drug-likeness (QED) is 0.599. The Balaban J connectivity index is 2.08. The van der Waals surface area contributed by atoms with Gasteiger partial charge in [0.05, 0.1) is 0 Å². The van der Waals surface area contributed by atoms with Gasteiger partial charge in [0.15, 0.2) is 0 Å². The van der Waals surface area contributed by atoms with Crippen LogP contribution in [0.3, 0.4) is 0 Å². The van der Waals surface area contributed by atoms with Crippen molar-refractivity contribution in [2.75, 3.05) is 6.54 Å². The van der Waals surface area contributed by atoms with Crippen molar-refractivity contribution in [2.45, 2.75) is 32.1 Å². The molecule has 0 unspecified atom stereocenters. The van der Waals surface area contributed by atoms with Gasteiger partial charge in [-0.2, -0.15) is 0 Å². The van der Waals surface area contributed by atoms with E-state index in [2.05, 4.69) is 6.42 Å². The minimum Gasteiger partial charge on any atom is -0.330 e. The molecule has 0 aromatic heterocycles. The van der Waals surface area contributed by atoms with Crippen LogP contribution >= 0.6 is 0 Å². The molecule has 1 rings (SSSR count). The van der Waals surface area contributed by atoms with E-state index in [-0.39, 0.29) is 0 Å². The summed E-state index contributed by atoms with van der Waals surface area (Å²) in [4.78, 5) is 0. The lowest BCUT2D eigenvalue weighted by Crippen LogP contribution is -2.12. The molecule has 0 aromatic rings. The molecule has 1 aliphatic carbocycles. The Morgan fingerprint density at radius 3 is 2.44 bits per heavy atom. The molecule has 0 aromatic carbocycles. The highest BCUT2D eigenvalue weighted by Gasteiger charge is 2.11. The normalized spacial score (nSPS) is 22.3. The molecule has 1 saturated carbocycles. The first kappa shape index (κ1) is 7.07. The van der Waals surface area contributed by atoms with Crippen LogP contribution in [0.15, 0.2) is 0 Å². The zero-order valence-electron chi connectivity index (χ0n) is 5.97. The molecule has 1 heteroatoms. The van der Waals surface area contributed by atoms with E-state index < -0.39 is 0 Å². The highest BCUT2D eigenvalue weighted by Crippen LogP contribution is 2.24. The molecule has 9 heavy (non-hydrogen) atoms.